The summed E-state index contributed by atoms with van der Waals surface area (Å²) in [6.45, 7) is 2.18. The number of nitrogens with one attached hydrogen (secondary N) is 1. The number of anilines is 1. The van der Waals surface area contributed by atoms with Crippen LogP contribution in [0.15, 0.2) is 77.7 Å². The van der Waals surface area contributed by atoms with E-state index in [0.29, 0.717) is 17.4 Å². The van der Waals surface area contributed by atoms with Crippen LogP contribution in [0, 0.1) is 5.92 Å². The Morgan fingerprint density at radius 1 is 0.939 bits per heavy atom. The molecule has 0 spiro atoms. The molecule has 0 atom stereocenters. The zero-order valence-electron chi connectivity index (χ0n) is 18.2. The van der Waals surface area contributed by atoms with Gasteiger partial charge in [-0.05, 0) is 35.8 Å². The minimum atomic E-state index is -3.56. The van der Waals surface area contributed by atoms with Gasteiger partial charge in [0.05, 0.1) is 4.90 Å². The molecule has 3 aromatic carbocycles. The van der Waals surface area contributed by atoms with Crippen molar-refractivity contribution in [2.45, 2.75) is 24.2 Å². The molecule has 4 aromatic rings. The van der Waals surface area contributed by atoms with E-state index in [0.717, 1.165) is 54.1 Å². The van der Waals surface area contributed by atoms with E-state index in [2.05, 4.69) is 26.1 Å². The second kappa shape index (κ2) is 9.59. The van der Waals surface area contributed by atoms with Gasteiger partial charge in [-0.1, -0.05) is 66.7 Å². The zero-order valence-corrected chi connectivity index (χ0v) is 19.9. The first kappa shape index (κ1) is 22.0. The summed E-state index contributed by atoms with van der Waals surface area (Å²) in [7, 11) is -3.56. The summed E-state index contributed by atoms with van der Waals surface area (Å²) in [5.74, 6) is 1.16. The number of sulfonamides is 1. The molecule has 1 saturated heterocycles. The van der Waals surface area contributed by atoms with Crippen LogP contribution >= 0.6 is 11.5 Å². The zero-order chi connectivity index (χ0) is 22.7. The van der Waals surface area contributed by atoms with E-state index in [1.54, 1.807) is 12.1 Å². The Labute approximate surface area is 198 Å². The maximum atomic E-state index is 13.0. The van der Waals surface area contributed by atoms with Crippen molar-refractivity contribution in [2.75, 3.05) is 24.5 Å². The van der Waals surface area contributed by atoms with Crippen LogP contribution in [-0.4, -0.2) is 37.4 Å². The molecule has 170 valence electrons. The fourth-order valence-electron chi connectivity index (χ4n) is 4.29. The number of nitrogens with zero attached hydrogens (tertiary/aromatic N) is 3. The van der Waals surface area contributed by atoms with Gasteiger partial charge in [-0.2, -0.15) is 4.37 Å². The summed E-state index contributed by atoms with van der Waals surface area (Å²) in [5.41, 5.74) is 1.21. The van der Waals surface area contributed by atoms with Crippen LogP contribution in [0.2, 0.25) is 0 Å². The minimum absolute atomic E-state index is 0.308. The minimum Gasteiger partial charge on any atom is -0.347 e. The van der Waals surface area contributed by atoms with Crippen LogP contribution in [0.25, 0.3) is 10.8 Å². The standard InChI is InChI=1S/C25H26N4O2S2/c30-33(31,23-12-6-10-21-9-4-5-11-22(21)23)26-18-20-13-15-29(16-14-20)25-27-24(28-32-25)17-19-7-2-1-3-8-19/h1-12,20,26H,13-18H2. The Kier molecular flexibility index (Phi) is 6.39. The van der Waals surface area contributed by atoms with E-state index in [1.165, 1.54) is 17.1 Å². The molecular formula is C25H26N4O2S2. The fraction of sp³-hybridized carbons (Fsp3) is 0.280. The summed E-state index contributed by atoms with van der Waals surface area (Å²) in [6.07, 6.45) is 2.58. The van der Waals surface area contributed by atoms with Crippen molar-refractivity contribution in [3.8, 4) is 0 Å². The highest BCUT2D eigenvalue weighted by Crippen LogP contribution is 2.26. The normalized spacial score (nSPS) is 15.2. The molecule has 8 heteroatoms. The number of fused-ring (bicyclic) bond motifs is 1. The molecule has 0 saturated carbocycles. The molecule has 1 N–H and O–H groups in total. The highest BCUT2D eigenvalue weighted by atomic mass is 32.2. The molecule has 0 unspecified atom stereocenters. The molecule has 0 amide bonds. The molecule has 5 rings (SSSR count). The van der Waals surface area contributed by atoms with Gasteiger partial charge >= 0.3 is 0 Å². The molecule has 2 heterocycles. The smallest absolute Gasteiger partial charge is 0.241 e. The third-order valence-electron chi connectivity index (χ3n) is 6.15. The third kappa shape index (κ3) is 5.08. The summed E-state index contributed by atoms with van der Waals surface area (Å²) >= 11 is 1.45. The van der Waals surface area contributed by atoms with Gasteiger partial charge in [0.15, 0.2) is 0 Å². The average Bonchev–Trinajstić information content (AvgIpc) is 3.32. The molecule has 6 nitrogen and oxygen atoms in total. The van der Waals surface area contributed by atoms with E-state index in [-0.39, 0.29) is 0 Å². The third-order valence-corrected chi connectivity index (χ3v) is 8.45. The van der Waals surface area contributed by atoms with Gasteiger partial charge in [-0.3, -0.25) is 0 Å². The van der Waals surface area contributed by atoms with Crippen molar-refractivity contribution < 1.29 is 8.42 Å². The largest absolute Gasteiger partial charge is 0.347 e. The number of rotatable bonds is 7. The van der Waals surface area contributed by atoms with Crippen LogP contribution in [0.1, 0.15) is 24.2 Å². The number of aromatic nitrogens is 2. The predicted octanol–water partition coefficient (Wildman–Crippen LogP) is 4.48. The molecule has 0 radical (unpaired) electrons. The lowest BCUT2D eigenvalue weighted by atomic mass is 9.97. The maximum absolute atomic E-state index is 13.0. The first-order chi connectivity index (χ1) is 16.1. The second-order valence-electron chi connectivity index (χ2n) is 8.42. The van der Waals surface area contributed by atoms with Crippen LogP contribution in [0.4, 0.5) is 5.13 Å². The molecule has 0 bridgehead atoms. The lowest BCUT2D eigenvalue weighted by molar-refractivity contribution is 0.402. The van der Waals surface area contributed by atoms with Crippen LogP contribution < -0.4 is 9.62 Å². The van der Waals surface area contributed by atoms with Gasteiger partial charge in [0.25, 0.3) is 0 Å². The highest BCUT2D eigenvalue weighted by Gasteiger charge is 2.24. The van der Waals surface area contributed by atoms with Crippen molar-refractivity contribution in [2.24, 2.45) is 5.92 Å². The monoisotopic (exact) mass is 478 g/mol. The van der Waals surface area contributed by atoms with Crippen LogP contribution in [0.5, 0.6) is 0 Å². The predicted molar refractivity (Wildman–Crippen MR) is 133 cm³/mol. The molecule has 0 aliphatic carbocycles. The van der Waals surface area contributed by atoms with Crippen molar-refractivity contribution in [3.05, 3.63) is 84.2 Å². The summed E-state index contributed by atoms with van der Waals surface area (Å²) in [4.78, 5) is 7.34. The van der Waals surface area contributed by atoms with Crippen LogP contribution in [-0.2, 0) is 16.4 Å². The van der Waals surface area contributed by atoms with E-state index < -0.39 is 10.0 Å². The van der Waals surface area contributed by atoms with Gasteiger partial charge in [-0.15, -0.1) is 0 Å². The Balaban J connectivity index is 1.17. The number of piperidine rings is 1. The quantitative estimate of drug-likeness (QED) is 0.424. The van der Waals surface area contributed by atoms with Gasteiger partial charge in [0.2, 0.25) is 15.2 Å². The lowest BCUT2D eigenvalue weighted by Crippen LogP contribution is -2.38. The SMILES string of the molecule is O=S(=O)(NCC1CCN(c2nc(Cc3ccccc3)ns2)CC1)c1cccc2ccccc12. The summed E-state index contributed by atoms with van der Waals surface area (Å²) < 4.78 is 33.4. The van der Waals surface area contributed by atoms with E-state index >= 15 is 0 Å². The van der Waals surface area contributed by atoms with Gasteiger partial charge in [0, 0.05) is 43.0 Å². The van der Waals surface area contributed by atoms with Crippen molar-refractivity contribution in [3.63, 3.8) is 0 Å². The van der Waals surface area contributed by atoms with E-state index in [4.69, 9.17) is 4.98 Å². The Hall–Kier alpha value is -2.81. The van der Waals surface area contributed by atoms with E-state index in [1.807, 2.05) is 48.5 Å². The van der Waals surface area contributed by atoms with Crippen molar-refractivity contribution >= 4 is 37.5 Å². The summed E-state index contributed by atoms with van der Waals surface area (Å²) in [5, 5.41) is 2.64. The molecule has 1 aliphatic heterocycles. The first-order valence-electron chi connectivity index (χ1n) is 11.2. The van der Waals surface area contributed by atoms with Crippen LogP contribution in [0.3, 0.4) is 0 Å². The highest BCUT2D eigenvalue weighted by molar-refractivity contribution is 7.89. The maximum Gasteiger partial charge on any atom is 0.241 e. The fourth-order valence-corrected chi connectivity index (χ4v) is 6.37. The number of hydrogen-bond donors (Lipinski definition) is 1. The van der Waals surface area contributed by atoms with E-state index in [9.17, 15) is 8.42 Å². The molecule has 1 fully saturated rings. The topological polar surface area (TPSA) is 75.2 Å². The molecular weight excluding hydrogens is 452 g/mol. The van der Waals surface area contributed by atoms with Gasteiger partial charge in [0.1, 0.15) is 5.82 Å². The van der Waals surface area contributed by atoms with Gasteiger partial charge in [-0.25, -0.2) is 18.1 Å². The number of hydrogen-bond acceptors (Lipinski definition) is 6. The molecule has 1 aliphatic rings. The van der Waals surface area contributed by atoms with Crippen molar-refractivity contribution in [1.82, 2.24) is 14.1 Å². The molecule has 1 aromatic heterocycles. The number of benzene rings is 3. The molecule has 33 heavy (non-hydrogen) atoms. The Morgan fingerprint density at radius 3 is 2.48 bits per heavy atom. The van der Waals surface area contributed by atoms with Crippen molar-refractivity contribution in [1.29, 1.82) is 0 Å². The Morgan fingerprint density at radius 2 is 1.67 bits per heavy atom. The lowest BCUT2D eigenvalue weighted by Gasteiger charge is -2.31. The Bertz CT molecular complexity index is 1330. The second-order valence-corrected chi connectivity index (χ2v) is 10.9. The van der Waals surface area contributed by atoms with Gasteiger partial charge < -0.3 is 4.90 Å². The first-order valence-corrected chi connectivity index (χ1v) is 13.4. The average molecular weight is 479 g/mol. The summed E-state index contributed by atoms with van der Waals surface area (Å²) in [6, 6.07) is 23.2.